The van der Waals surface area contributed by atoms with E-state index in [1.807, 2.05) is 6.07 Å². The second-order valence-corrected chi connectivity index (χ2v) is 7.01. The lowest BCUT2D eigenvalue weighted by atomic mass is 10.1. The molecule has 144 valence electrons. The first-order chi connectivity index (χ1) is 13.5. The fraction of sp³-hybridized carbons (Fsp3) is 0.286. The minimum Gasteiger partial charge on any atom is -0.324 e. The zero-order valence-electron chi connectivity index (χ0n) is 15.2. The molecule has 1 atom stereocenters. The van der Waals surface area contributed by atoms with Crippen LogP contribution in [-0.2, 0) is 14.4 Å². The van der Waals surface area contributed by atoms with Crippen molar-refractivity contribution in [3.05, 3.63) is 54.3 Å². The highest BCUT2D eigenvalue weighted by atomic mass is 19.1. The van der Waals surface area contributed by atoms with E-state index in [-0.39, 0.29) is 36.4 Å². The molecule has 2 saturated heterocycles. The van der Waals surface area contributed by atoms with Gasteiger partial charge in [0.05, 0.1) is 23.0 Å². The molecule has 0 radical (unpaired) electrons. The molecule has 1 N–H and O–H groups in total. The summed E-state index contributed by atoms with van der Waals surface area (Å²) in [6, 6.07) is 13.2. The van der Waals surface area contributed by atoms with Crippen LogP contribution in [0.4, 0.5) is 21.5 Å². The third kappa shape index (κ3) is 3.35. The Morgan fingerprint density at radius 2 is 1.68 bits per heavy atom. The van der Waals surface area contributed by atoms with E-state index < -0.39 is 11.7 Å². The van der Waals surface area contributed by atoms with E-state index in [1.165, 1.54) is 17.0 Å². The van der Waals surface area contributed by atoms with Gasteiger partial charge in [-0.1, -0.05) is 24.3 Å². The smallest absolute Gasteiger partial charge is 0.229 e. The summed E-state index contributed by atoms with van der Waals surface area (Å²) >= 11 is 0. The Bertz CT molecular complexity index is 946. The lowest BCUT2D eigenvalue weighted by molar-refractivity contribution is -0.122. The number of para-hydroxylation sites is 3. The lowest BCUT2D eigenvalue weighted by Gasteiger charge is -2.21. The Morgan fingerprint density at radius 3 is 2.39 bits per heavy atom. The largest absolute Gasteiger partial charge is 0.324 e. The molecule has 0 bridgehead atoms. The molecule has 2 fully saturated rings. The van der Waals surface area contributed by atoms with Crippen molar-refractivity contribution in [2.75, 3.05) is 28.2 Å². The number of halogens is 1. The van der Waals surface area contributed by atoms with Gasteiger partial charge >= 0.3 is 0 Å². The maximum absolute atomic E-state index is 14.0. The van der Waals surface area contributed by atoms with Crippen LogP contribution in [0.3, 0.4) is 0 Å². The first-order valence-corrected chi connectivity index (χ1v) is 9.30. The van der Waals surface area contributed by atoms with E-state index in [0.29, 0.717) is 24.3 Å². The van der Waals surface area contributed by atoms with Crippen LogP contribution in [0, 0.1) is 11.7 Å². The quantitative estimate of drug-likeness (QED) is 0.885. The predicted octanol–water partition coefficient (Wildman–Crippen LogP) is 2.94. The van der Waals surface area contributed by atoms with Crippen molar-refractivity contribution in [3.8, 4) is 0 Å². The van der Waals surface area contributed by atoms with Crippen molar-refractivity contribution < 1.29 is 18.8 Å². The van der Waals surface area contributed by atoms with Crippen LogP contribution in [0.1, 0.15) is 19.3 Å². The maximum Gasteiger partial charge on any atom is 0.229 e. The number of benzene rings is 2. The fourth-order valence-corrected chi connectivity index (χ4v) is 3.74. The molecule has 0 aliphatic carbocycles. The normalized spacial score (nSPS) is 19.4. The molecule has 2 aromatic carbocycles. The van der Waals surface area contributed by atoms with Crippen molar-refractivity contribution in [2.45, 2.75) is 19.3 Å². The summed E-state index contributed by atoms with van der Waals surface area (Å²) in [5, 5.41) is 2.85. The molecule has 3 amide bonds. The van der Waals surface area contributed by atoms with Gasteiger partial charge in [-0.05, 0) is 30.7 Å². The van der Waals surface area contributed by atoms with Gasteiger partial charge in [0.15, 0.2) is 0 Å². The molecule has 28 heavy (non-hydrogen) atoms. The first kappa shape index (κ1) is 18.2. The molecule has 2 aliphatic heterocycles. The van der Waals surface area contributed by atoms with E-state index in [1.54, 1.807) is 35.2 Å². The summed E-state index contributed by atoms with van der Waals surface area (Å²) in [4.78, 5) is 40.2. The summed E-state index contributed by atoms with van der Waals surface area (Å²) in [5.74, 6) is -1.65. The summed E-state index contributed by atoms with van der Waals surface area (Å²) < 4.78 is 14.0. The lowest BCUT2D eigenvalue weighted by Crippen LogP contribution is -2.30. The van der Waals surface area contributed by atoms with Gasteiger partial charge < -0.3 is 15.1 Å². The predicted molar refractivity (Wildman–Crippen MR) is 104 cm³/mol. The molecule has 2 aromatic rings. The monoisotopic (exact) mass is 381 g/mol. The van der Waals surface area contributed by atoms with Gasteiger partial charge in [0, 0.05) is 25.9 Å². The van der Waals surface area contributed by atoms with Crippen molar-refractivity contribution in [1.29, 1.82) is 0 Å². The summed E-state index contributed by atoms with van der Waals surface area (Å²) in [7, 11) is 0. The number of amides is 3. The van der Waals surface area contributed by atoms with Crippen molar-refractivity contribution in [2.24, 2.45) is 5.92 Å². The standard InChI is InChI=1S/C21H20FN3O3/c22-15-6-1-3-8-17(15)25-13-14(12-20(25)27)21(28)23-16-7-2-4-9-18(16)24-11-5-10-19(24)26/h1-4,6-9,14H,5,10-13H2,(H,23,28)/t14-/m1/s1. The van der Waals surface area contributed by atoms with E-state index >= 15 is 0 Å². The number of carbonyl (C=O) groups excluding carboxylic acids is 3. The van der Waals surface area contributed by atoms with Gasteiger partial charge in [-0.25, -0.2) is 4.39 Å². The van der Waals surface area contributed by atoms with Crippen LogP contribution in [0.5, 0.6) is 0 Å². The molecule has 6 nitrogen and oxygen atoms in total. The van der Waals surface area contributed by atoms with Gasteiger partial charge in [-0.3, -0.25) is 14.4 Å². The van der Waals surface area contributed by atoms with Gasteiger partial charge in [0.1, 0.15) is 5.82 Å². The van der Waals surface area contributed by atoms with E-state index in [9.17, 15) is 18.8 Å². The molecule has 7 heteroatoms. The molecule has 0 aromatic heterocycles. The maximum atomic E-state index is 14.0. The first-order valence-electron chi connectivity index (χ1n) is 9.30. The summed E-state index contributed by atoms with van der Waals surface area (Å²) in [5.41, 5.74) is 1.39. The average Bonchev–Trinajstić information content (AvgIpc) is 3.28. The van der Waals surface area contributed by atoms with Crippen LogP contribution >= 0.6 is 0 Å². The van der Waals surface area contributed by atoms with Crippen LogP contribution in [-0.4, -0.2) is 30.8 Å². The van der Waals surface area contributed by atoms with E-state index in [0.717, 1.165) is 6.42 Å². The molecular weight excluding hydrogens is 361 g/mol. The zero-order chi connectivity index (χ0) is 19.7. The number of hydrogen-bond donors (Lipinski definition) is 1. The van der Waals surface area contributed by atoms with Gasteiger partial charge in [-0.2, -0.15) is 0 Å². The Hall–Kier alpha value is -3.22. The molecule has 2 aliphatic rings. The summed E-state index contributed by atoms with van der Waals surface area (Å²) in [6.07, 6.45) is 1.30. The van der Waals surface area contributed by atoms with Gasteiger partial charge in [0.25, 0.3) is 0 Å². The summed E-state index contributed by atoms with van der Waals surface area (Å²) in [6.45, 7) is 0.741. The second-order valence-electron chi connectivity index (χ2n) is 7.01. The van der Waals surface area contributed by atoms with E-state index in [2.05, 4.69) is 5.32 Å². The Balaban J connectivity index is 1.50. The SMILES string of the molecule is O=C(Nc1ccccc1N1CCCC1=O)[C@@H]1CC(=O)N(c2ccccc2F)C1. The molecule has 4 rings (SSSR count). The minimum atomic E-state index is -0.588. The highest BCUT2D eigenvalue weighted by Crippen LogP contribution is 2.32. The number of carbonyl (C=O) groups is 3. The average molecular weight is 381 g/mol. The highest BCUT2D eigenvalue weighted by molar-refractivity contribution is 6.06. The van der Waals surface area contributed by atoms with Crippen molar-refractivity contribution in [3.63, 3.8) is 0 Å². The fourth-order valence-electron chi connectivity index (χ4n) is 3.74. The van der Waals surface area contributed by atoms with E-state index in [4.69, 9.17) is 0 Å². The number of rotatable bonds is 4. The number of nitrogens with zero attached hydrogens (tertiary/aromatic N) is 2. The molecule has 2 heterocycles. The third-order valence-electron chi connectivity index (χ3n) is 5.17. The molecule has 0 saturated carbocycles. The zero-order valence-corrected chi connectivity index (χ0v) is 15.2. The Morgan fingerprint density at radius 1 is 0.964 bits per heavy atom. The van der Waals surface area contributed by atoms with Crippen LogP contribution in [0.2, 0.25) is 0 Å². The van der Waals surface area contributed by atoms with Crippen molar-refractivity contribution in [1.82, 2.24) is 0 Å². The Kier molecular flexibility index (Phi) is 4.81. The van der Waals surface area contributed by atoms with Gasteiger partial charge in [-0.15, -0.1) is 0 Å². The van der Waals surface area contributed by atoms with Crippen LogP contribution < -0.4 is 15.1 Å². The number of hydrogen-bond acceptors (Lipinski definition) is 3. The van der Waals surface area contributed by atoms with Crippen LogP contribution in [0.15, 0.2) is 48.5 Å². The molecule has 0 unspecified atom stereocenters. The molecular formula is C21H20FN3O3. The topological polar surface area (TPSA) is 69.7 Å². The van der Waals surface area contributed by atoms with Gasteiger partial charge in [0.2, 0.25) is 17.7 Å². The minimum absolute atomic E-state index is 0.0188. The highest BCUT2D eigenvalue weighted by Gasteiger charge is 2.36. The Labute approximate surface area is 161 Å². The molecule has 0 spiro atoms. The van der Waals surface area contributed by atoms with Crippen molar-refractivity contribution >= 4 is 34.8 Å². The van der Waals surface area contributed by atoms with Crippen LogP contribution in [0.25, 0.3) is 0 Å². The second kappa shape index (κ2) is 7.42. The number of anilines is 3. The third-order valence-corrected chi connectivity index (χ3v) is 5.17. The number of nitrogens with one attached hydrogen (secondary N) is 1.